The third kappa shape index (κ3) is 2.98. The van der Waals surface area contributed by atoms with Gasteiger partial charge in [0.15, 0.2) is 0 Å². The molecule has 0 spiro atoms. The lowest BCUT2D eigenvalue weighted by atomic mass is 10.1. The second kappa shape index (κ2) is 5.93. The van der Waals surface area contributed by atoms with E-state index in [2.05, 4.69) is 0 Å². The molecule has 104 valence electrons. The molecule has 1 amide bonds. The Bertz CT molecular complexity index is 432. The van der Waals surface area contributed by atoms with Gasteiger partial charge in [-0.2, -0.15) is 0 Å². The van der Waals surface area contributed by atoms with Gasteiger partial charge in [-0.3, -0.25) is 4.90 Å². The van der Waals surface area contributed by atoms with Crippen LogP contribution in [0, 0.1) is 0 Å². The molecule has 2 atom stereocenters. The van der Waals surface area contributed by atoms with Crippen LogP contribution in [0.2, 0.25) is 0 Å². The highest BCUT2D eigenvalue weighted by molar-refractivity contribution is 5.70. The zero-order chi connectivity index (χ0) is 13.8. The topological polar surface area (TPSA) is 48.0 Å². The number of benzene rings is 1. The van der Waals surface area contributed by atoms with Crippen LogP contribution in [0.15, 0.2) is 24.3 Å². The molecule has 5 heteroatoms. The average Bonchev–Trinajstić information content (AvgIpc) is 2.80. The number of nitrogens with zero attached hydrogens (tertiary/aromatic N) is 1. The molecule has 0 N–H and O–H groups in total. The molecule has 1 heterocycles. The van der Waals surface area contributed by atoms with Crippen LogP contribution in [-0.4, -0.2) is 44.0 Å². The van der Waals surface area contributed by atoms with Crippen molar-refractivity contribution in [2.75, 3.05) is 20.8 Å². The first-order valence-electron chi connectivity index (χ1n) is 6.25. The third-order valence-electron chi connectivity index (χ3n) is 3.44. The van der Waals surface area contributed by atoms with Gasteiger partial charge in [0.05, 0.1) is 19.3 Å². The minimum absolute atomic E-state index is 0.0420. The Hall–Kier alpha value is -1.75. The molecule has 0 aliphatic carbocycles. The lowest BCUT2D eigenvalue weighted by Gasteiger charge is -2.25. The summed E-state index contributed by atoms with van der Waals surface area (Å²) < 4.78 is 15.5. The first kappa shape index (κ1) is 13.7. The van der Waals surface area contributed by atoms with Crippen LogP contribution >= 0.6 is 0 Å². The molecule has 2 rings (SSSR count). The van der Waals surface area contributed by atoms with Gasteiger partial charge in [0.2, 0.25) is 0 Å². The monoisotopic (exact) mass is 265 g/mol. The van der Waals surface area contributed by atoms with Crippen molar-refractivity contribution in [1.82, 2.24) is 4.90 Å². The third-order valence-corrected chi connectivity index (χ3v) is 3.44. The molecule has 0 saturated carbocycles. The number of hydrogen-bond acceptors (Lipinski definition) is 4. The van der Waals surface area contributed by atoms with E-state index in [9.17, 15) is 4.79 Å². The molecule has 1 aliphatic rings. The van der Waals surface area contributed by atoms with Crippen molar-refractivity contribution in [2.24, 2.45) is 0 Å². The minimum atomic E-state index is -0.287. The molecule has 1 saturated heterocycles. The maximum absolute atomic E-state index is 11.8. The maximum Gasteiger partial charge on any atom is 0.410 e. The van der Waals surface area contributed by atoms with Gasteiger partial charge in [0.1, 0.15) is 12.4 Å². The Morgan fingerprint density at radius 2 is 2.05 bits per heavy atom. The van der Waals surface area contributed by atoms with E-state index in [4.69, 9.17) is 14.2 Å². The number of amides is 1. The minimum Gasteiger partial charge on any atom is -0.497 e. The molecule has 1 unspecified atom stereocenters. The van der Waals surface area contributed by atoms with Gasteiger partial charge in [-0.15, -0.1) is 0 Å². The lowest BCUT2D eigenvalue weighted by Crippen LogP contribution is -2.41. The van der Waals surface area contributed by atoms with Crippen LogP contribution in [0.25, 0.3) is 0 Å². The second-order valence-electron chi connectivity index (χ2n) is 4.56. The van der Waals surface area contributed by atoms with Crippen molar-refractivity contribution >= 4 is 6.09 Å². The molecular formula is C14H19NO4. The Kier molecular flexibility index (Phi) is 4.27. The van der Waals surface area contributed by atoms with E-state index in [1.165, 1.54) is 0 Å². The Morgan fingerprint density at radius 3 is 2.63 bits per heavy atom. The summed E-state index contributed by atoms with van der Waals surface area (Å²) in [4.78, 5) is 13.5. The summed E-state index contributed by atoms with van der Waals surface area (Å²) in [6.45, 7) is 2.83. The molecule has 1 aromatic rings. The zero-order valence-electron chi connectivity index (χ0n) is 11.5. The van der Waals surface area contributed by atoms with E-state index in [0.29, 0.717) is 13.2 Å². The molecule has 0 bridgehead atoms. The first-order valence-corrected chi connectivity index (χ1v) is 6.25. The van der Waals surface area contributed by atoms with Crippen LogP contribution in [-0.2, 0) is 16.0 Å². The van der Waals surface area contributed by atoms with E-state index in [-0.39, 0.29) is 18.2 Å². The fourth-order valence-corrected chi connectivity index (χ4v) is 2.12. The molecule has 1 aromatic carbocycles. The van der Waals surface area contributed by atoms with E-state index >= 15 is 0 Å². The Labute approximate surface area is 113 Å². The molecule has 0 aromatic heterocycles. The summed E-state index contributed by atoms with van der Waals surface area (Å²) in [6.07, 6.45) is -0.339. The number of ether oxygens (including phenoxy) is 3. The van der Waals surface area contributed by atoms with E-state index < -0.39 is 0 Å². The van der Waals surface area contributed by atoms with Gasteiger partial charge in [-0.1, -0.05) is 12.1 Å². The van der Waals surface area contributed by atoms with Gasteiger partial charge >= 0.3 is 6.09 Å². The predicted molar refractivity (Wildman–Crippen MR) is 70.1 cm³/mol. The van der Waals surface area contributed by atoms with E-state index in [1.54, 1.807) is 19.1 Å². The van der Waals surface area contributed by atoms with E-state index in [1.807, 2.05) is 31.2 Å². The molecule has 1 aliphatic heterocycles. The molecule has 19 heavy (non-hydrogen) atoms. The van der Waals surface area contributed by atoms with Crippen molar-refractivity contribution < 1.29 is 19.0 Å². The standard InChI is InChI=1S/C14H19NO4/c1-10(17-2)13-9-19-14(16)15(13)8-11-4-6-12(18-3)7-5-11/h4-7,10,13H,8-9H2,1-3H3/t10?,13-/m1/s1. The molecule has 0 radical (unpaired) electrons. The van der Waals surface area contributed by atoms with Gasteiger partial charge in [0.25, 0.3) is 0 Å². The van der Waals surface area contributed by atoms with Crippen molar-refractivity contribution in [1.29, 1.82) is 0 Å². The van der Waals surface area contributed by atoms with E-state index in [0.717, 1.165) is 11.3 Å². The highest BCUT2D eigenvalue weighted by Crippen LogP contribution is 2.21. The highest BCUT2D eigenvalue weighted by atomic mass is 16.6. The average molecular weight is 265 g/mol. The first-order chi connectivity index (χ1) is 9.15. The van der Waals surface area contributed by atoms with Crippen LogP contribution in [0.1, 0.15) is 12.5 Å². The summed E-state index contributed by atoms with van der Waals surface area (Å²) in [5.74, 6) is 0.801. The van der Waals surface area contributed by atoms with Crippen molar-refractivity contribution in [3.05, 3.63) is 29.8 Å². The predicted octanol–water partition coefficient (Wildman–Crippen LogP) is 2.05. The number of carbonyl (C=O) groups is 1. The highest BCUT2D eigenvalue weighted by Gasteiger charge is 2.36. The number of methoxy groups -OCH3 is 2. The van der Waals surface area contributed by atoms with Crippen molar-refractivity contribution in [2.45, 2.75) is 25.6 Å². The number of cyclic esters (lactones) is 1. The molecule has 5 nitrogen and oxygen atoms in total. The quantitative estimate of drug-likeness (QED) is 0.817. The fourth-order valence-electron chi connectivity index (χ4n) is 2.12. The van der Waals surface area contributed by atoms with Crippen molar-refractivity contribution in [3.63, 3.8) is 0 Å². The molecule has 1 fully saturated rings. The summed E-state index contributed by atoms with van der Waals surface area (Å²) in [7, 11) is 3.27. The van der Waals surface area contributed by atoms with Crippen LogP contribution in [0.4, 0.5) is 4.79 Å². The van der Waals surface area contributed by atoms with Crippen LogP contribution in [0.3, 0.4) is 0 Å². The smallest absolute Gasteiger partial charge is 0.410 e. The van der Waals surface area contributed by atoms with Gasteiger partial charge in [-0.05, 0) is 24.6 Å². The summed E-state index contributed by atoms with van der Waals surface area (Å²) >= 11 is 0. The number of hydrogen-bond donors (Lipinski definition) is 0. The van der Waals surface area contributed by atoms with Crippen LogP contribution < -0.4 is 4.74 Å². The summed E-state index contributed by atoms with van der Waals surface area (Å²) in [6, 6.07) is 7.61. The zero-order valence-corrected chi connectivity index (χ0v) is 11.5. The van der Waals surface area contributed by atoms with Gasteiger partial charge < -0.3 is 14.2 Å². The summed E-state index contributed by atoms with van der Waals surface area (Å²) in [5, 5.41) is 0. The number of rotatable bonds is 5. The fraction of sp³-hybridized carbons (Fsp3) is 0.500. The van der Waals surface area contributed by atoms with Crippen molar-refractivity contribution in [3.8, 4) is 5.75 Å². The normalized spacial score (nSPS) is 20.3. The second-order valence-corrected chi connectivity index (χ2v) is 4.56. The van der Waals surface area contributed by atoms with Gasteiger partial charge in [0, 0.05) is 13.7 Å². The SMILES string of the molecule is COc1ccc(CN2C(=O)OC[C@@H]2C(C)OC)cc1. The van der Waals surface area contributed by atoms with Crippen LogP contribution in [0.5, 0.6) is 5.75 Å². The lowest BCUT2D eigenvalue weighted by molar-refractivity contribution is 0.0521. The Balaban J connectivity index is 2.08. The Morgan fingerprint density at radius 1 is 1.37 bits per heavy atom. The van der Waals surface area contributed by atoms with Gasteiger partial charge in [-0.25, -0.2) is 4.79 Å². The number of carbonyl (C=O) groups excluding carboxylic acids is 1. The molecular weight excluding hydrogens is 246 g/mol. The summed E-state index contributed by atoms with van der Waals surface area (Å²) in [5.41, 5.74) is 1.04. The largest absolute Gasteiger partial charge is 0.497 e. The maximum atomic E-state index is 11.8.